The summed E-state index contributed by atoms with van der Waals surface area (Å²) in [5.41, 5.74) is 0.490. The van der Waals surface area contributed by atoms with Crippen LogP contribution >= 0.6 is 11.6 Å². The second kappa shape index (κ2) is 9.91. The minimum absolute atomic E-state index is 0.131. The van der Waals surface area contributed by atoms with Gasteiger partial charge in [0.05, 0.1) is 10.7 Å². The van der Waals surface area contributed by atoms with Crippen molar-refractivity contribution < 1.29 is 22.3 Å². The number of halogens is 2. The van der Waals surface area contributed by atoms with E-state index < -0.39 is 15.8 Å². The van der Waals surface area contributed by atoms with E-state index >= 15 is 0 Å². The fraction of sp³-hybridized carbons (Fsp3) is 0.208. The van der Waals surface area contributed by atoms with Crippen molar-refractivity contribution in [3.63, 3.8) is 0 Å². The molecule has 0 spiro atoms. The Morgan fingerprint density at radius 2 is 1.55 bits per heavy atom. The van der Waals surface area contributed by atoms with Crippen LogP contribution in [0, 0.1) is 11.7 Å². The molecule has 0 aromatic heterocycles. The van der Waals surface area contributed by atoms with Gasteiger partial charge in [0.25, 0.3) is 0 Å². The molecule has 1 heterocycles. The van der Waals surface area contributed by atoms with Gasteiger partial charge in [0, 0.05) is 19.0 Å². The number of para-hydroxylation sites is 3. The summed E-state index contributed by atoms with van der Waals surface area (Å²) in [5, 5.41) is 3.33. The van der Waals surface area contributed by atoms with Crippen LogP contribution in [-0.4, -0.2) is 31.7 Å². The topological polar surface area (TPSA) is 75.7 Å². The summed E-state index contributed by atoms with van der Waals surface area (Å²) >= 11 is 6.17. The number of amides is 1. The number of carbonyl (C=O) groups excluding carboxylic acids is 1. The van der Waals surface area contributed by atoms with E-state index in [0.717, 1.165) is 6.07 Å². The summed E-state index contributed by atoms with van der Waals surface area (Å²) in [6.07, 6.45) is 0.653. The number of hydrogen-bond donors (Lipinski definition) is 1. The third-order valence-electron chi connectivity index (χ3n) is 5.48. The highest BCUT2D eigenvalue weighted by molar-refractivity contribution is 7.89. The highest BCUT2D eigenvalue weighted by Crippen LogP contribution is 2.34. The van der Waals surface area contributed by atoms with E-state index in [4.69, 9.17) is 16.3 Å². The molecule has 3 aromatic carbocycles. The number of ether oxygens (including phenoxy) is 1. The first kappa shape index (κ1) is 23.2. The Balaban J connectivity index is 1.41. The quantitative estimate of drug-likeness (QED) is 0.510. The van der Waals surface area contributed by atoms with Gasteiger partial charge < -0.3 is 10.1 Å². The van der Waals surface area contributed by atoms with Crippen LogP contribution in [0.4, 0.5) is 10.1 Å². The monoisotopic (exact) mass is 488 g/mol. The molecule has 1 aliphatic heterocycles. The van der Waals surface area contributed by atoms with E-state index in [2.05, 4.69) is 5.32 Å². The Hall–Kier alpha value is -2.94. The van der Waals surface area contributed by atoms with Crippen LogP contribution in [0.2, 0.25) is 5.02 Å². The van der Waals surface area contributed by atoms with E-state index in [0.29, 0.717) is 35.1 Å². The molecule has 9 heteroatoms. The zero-order valence-corrected chi connectivity index (χ0v) is 19.2. The molecule has 1 saturated heterocycles. The van der Waals surface area contributed by atoms with E-state index in [1.165, 1.54) is 22.5 Å². The molecule has 6 nitrogen and oxygen atoms in total. The molecule has 1 N–H and O–H groups in total. The van der Waals surface area contributed by atoms with Crippen molar-refractivity contribution in [2.45, 2.75) is 17.7 Å². The van der Waals surface area contributed by atoms with Gasteiger partial charge in [0.15, 0.2) is 5.75 Å². The number of hydrogen-bond acceptors (Lipinski definition) is 4. The Labute approximate surface area is 197 Å². The molecule has 0 saturated carbocycles. The molecule has 3 aromatic rings. The van der Waals surface area contributed by atoms with Crippen LogP contribution in [0.3, 0.4) is 0 Å². The first-order chi connectivity index (χ1) is 15.9. The lowest BCUT2D eigenvalue weighted by molar-refractivity contribution is -0.120. The lowest BCUT2D eigenvalue weighted by Gasteiger charge is -2.30. The highest BCUT2D eigenvalue weighted by atomic mass is 35.5. The van der Waals surface area contributed by atoms with Gasteiger partial charge >= 0.3 is 0 Å². The average molecular weight is 489 g/mol. The van der Waals surface area contributed by atoms with Gasteiger partial charge in [-0.05, 0) is 49.2 Å². The Morgan fingerprint density at radius 1 is 0.939 bits per heavy atom. The van der Waals surface area contributed by atoms with Crippen molar-refractivity contribution in [1.82, 2.24) is 4.31 Å². The van der Waals surface area contributed by atoms with Crippen LogP contribution in [-0.2, 0) is 14.8 Å². The first-order valence-corrected chi connectivity index (χ1v) is 12.2. The number of piperidine rings is 1. The normalized spacial score (nSPS) is 15.2. The van der Waals surface area contributed by atoms with Crippen molar-refractivity contribution in [3.8, 4) is 11.5 Å². The van der Waals surface area contributed by atoms with Crippen molar-refractivity contribution in [2.75, 3.05) is 18.4 Å². The number of rotatable bonds is 6. The van der Waals surface area contributed by atoms with Gasteiger partial charge in [-0.1, -0.05) is 48.0 Å². The number of benzene rings is 3. The summed E-state index contributed by atoms with van der Waals surface area (Å²) in [4.78, 5) is 12.6. The van der Waals surface area contributed by atoms with Crippen molar-refractivity contribution in [3.05, 3.63) is 83.6 Å². The van der Waals surface area contributed by atoms with Crippen LogP contribution in [0.1, 0.15) is 12.8 Å². The number of sulfonamides is 1. The molecule has 1 amide bonds. The number of nitrogens with one attached hydrogen (secondary N) is 1. The second-order valence-electron chi connectivity index (χ2n) is 7.63. The minimum Gasteiger partial charge on any atom is -0.454 e. The zero-order valence-electron chi connectivity index (χ0n) is 17.6. The molecule has 172 valence electrons. The van der Waals surface area contributed by atoms with Gasteiger partial charge in [-0.15, -0.1) is 0 Å². The summed E-state index contributed by atoms with van der Waals surface area (Å²) in [5.74, 6) is -0.489. The second-order valence-corrected chi connectivity index (χ2v) is 9.94. The fourth-order valence-electron chi connectivity index (χ4n) is 3.69. The molecule has 0 unspecified atom stereocenters. The third kappa shape index (κ3) is 5.19. The maximum Gasteiger partial charge on any atom is 0.245 e. The van der Waals surface area contributed by atoms with Gasteiger partial charge in [0.2, 0.25) is 15.9 Å². The molecule has 1 aliphatic rings. The molecular weight excluding hydrogens is 467 g/mol. The standard InChI is InChI=1S/C24H22ClFN2O4S/c25-18-7-1-4-10-21(18)32-22-11-5-3-9-20(22)27-24(29)17-13-15-28(16-14-17)33(30,31)23-12-6-2-8-19(23)26/h1-12,17H,13-16H2,(H,27,29). The predicted molar refractivity (Wildman–Crippen MR) is 124 cm³/mol. The molecule has 0 radical (unpaired) electrons. The Morgan fingerprint density at radius 3 is 2.24 bits per heavy atom. The van der Waals surface area contributed by atoms with Crippen molar-refractivity contribution >= 4 is 33.2 Å². The smallest absolute Gasteiger partial charge is 0.245 e. The number of anilines is 1. The van der Waals surface area contributed by atoms with Gasteiger partial charge in [-0.3, -0.25) is 4.79 Å². The van der Waals surface area contributed by atoms with Crippen LogP contribution in [0.15, 0.2) is 77.7 Å². The lowest BCUT2D eigenvalue weighted by atomic mass is 9.97. The fourth-order valence-corrected chi connectivity index (χ4v) is 5.40. The molecule has 0 atom stereocenters. The zero-order chi connectivity index (χ0) is 23.4. The van der Waals surface area contributed by atoms with Crippen LogP contribution in [0.25, 0.3) is 0 Å². The maximum atomic E-state index is 14.0. The number of carbonyl (C=O) groups is 1. The van der Waals surface area contributed by atoms with E-state index in [1.54, 1.807) is 48.5 Å². The summed E-state index contributed by atoms with van der Waals surface area (Å²) < 4.78 is 46.7. The maximum absolute atomic E-state index is 14.0. The van der Waals surface area contributed by atoms with E-state index in [9.17, 15) is 17.6 Å². The van der Waals surface area contributed by atoms with Gasteiger partial charge in [-0.25, -0.2) is 12.8 Å². The van der Waals surface area contributed by atoms with Gasteiger partial charge in [0.1, 0.15) is 16.5 Å². The first-order valence-electron chi connectivity index (χ1n) is 10.4. The third-order valence-corrected chi connectivity index (χ3v) is 7.72. The average Bonchev–Trinajstić information content (AvgIpc) is 2.82. The van der Waals surface area contributed by atoms with Crippen LogP contribution in [0.5, 0.6) is 11.5 Å². The Kier molecular flexibility index (Phi) is 6.97. The highest BCUT2D eigenvalue weighted by Gasteiger charge is 2.33. The van der Waals surface area contributed by atoms with E-state index in [1.807, 2.05) is 0 Å². The predicted octanol–water partition coefficient (Wildman–Crippen LogP) is 5.31. The molecule has 1 fully saturated rings. The molecule has 33 heavy (non-hydrogen) atoms. The van der Waals surface area contributed by atoms with Gasteiger partial charge in [-0.2, -0.15) is 4.31 Å². The van der Waals surface area contributed by atoms with E-state index in [-0.39, 0.29) is 29.8 Å². The summed E-state index contributed by atoms with van der Waals surface area (Å²) in [7, 11) is -3.95. The number of nitrogens with zero attached hydrogens (tertiary/aromatic N) is 1. The summed E-state index contributed by atoms with van der Waals surface area (Å²) in [6, 6.07) is 19.3. The molecule has 0 bridgehead atoms. The largest absolute Gasteiger partial charge is 0.454 e. The van der Waals surface area contributed by atoms with Crippen molar-refractivity contribution in [2.24, 2.45) is 5.92 Å². The summed E-state index contributed by atoms with van der Waals surface area (Å²) in [6.45, 7) is 0.263. The van der Waals surface area contributed by atoms with Crippen LogP contribution < -0.4 is 10.1 Å². The Bertz CT molecular complexity index is 1260. The lowest BCUT2D eigenvalue weighted by Crippen LogP contribution is -2.41. The molecule has 4 rings (SSSR count). The SMILES string of the molecule is O=C(Nc1ccccc1Oc1ccccc1Cl)C1CCN(S(=O)(=O)c2ccccc2F)CC1. The molecular formula is C24H22ClFN2O4S. The minimum atomic E-state index is -3.95. The van der Waals surface area contributed by atoms with Crippen molar-refractivity contribution in [1.29, 1.82) is 0 Å². The molecule has 0 aliphatic carbocycles.